The van der Waals surface area contributed by atoms with Gasteiger partial charge in [0.15, 0.2) is 0 Å². The average molecular weight is 279 g/mol. The molecule has 0 fully saturated rings. The lowest BCUT2D eigenvalue weighted by atomic mass is 10.3. The minimum Gasteiger partial charge on any atom is -0.492 e. The van der Waals surface area contributed by atoms with Gasteiger partial charge in [-0.25, -0.2) is 0 Å². The molecule has 0 aliphatic carbocycles. The maximum atomic E-state index is 5.56. The molecule has 78 valence electrons. The molecule has 0 saturated heterocycles. The molecule has 0 atom stereocenters. The Morgan fingerprint density at radius 1 is 1.29 bits per heavy atom. The predicted octanol–water partition coefficient (Wildman–Crippen LogP) is 3.63. The van der Waals surface area contributed by atoms with Gasteiger partial charge in [-0.1, -0.05) is 0 Å². The summed E-state index contributed by atoms with van der Waals surface area (Å²) in [6.07, 6.45) is 6.67. The Balaban J connectivity index is 2.18. The normalized spacial score (nSPS) is 10.1. The Morgan fingerprint density at radius 2 is 2.14 bits per heavy atom. The van der Waals surface area contributed by atoms with E-state index in [2.05, 4.69) is 20.9 Å². The van der Waals surface area contributed by atoms with E-state index in [1.165, 1.54) is 0 Å². The van der Waals surface area contributed by atoms with E-state index in [-0.39, 0.29) is 0 Å². The summed E-state index contributed by atoms with van der Waals surface area (Å²) in [5.41, 5.74) is 0. The van der Waals surface area contributed by atoms with Crippen LogP contribution in [0.5, 0.6) is 5.75 Å². The van der Waals surface area contributed by atoms with Crippen LogP contribution in [-0.4, -0.2) is 17.5 Å². The van der Waals surface area contributed by atoms with Crippen molar-refractivity contribution in [2.75, 3.05) is 12.5 Å². The van der Waals surface area contributed by atoms with E-state index >= 15 is 0 Å². The predicted molar refractivity (Wildman–Crippen MR) is 62.0 cm³/mol. The van der Waals surface area contributed by atoms with Crippen LogP contribution < -0.4 is 4.74 Å². The molecule has 4 heteroatoms. The molecular formula is C10H13BrClNO. The lowest BCUT2D eigenvalue weighted by Crippen LogP contribution is -1.97. The number of alkyl halides is 1. The van der Waals surface area contributed by atoms with E-state index in [4.69, 9.17) is 16.3 Å². The van der Waals surface area contributed by atoms with Crippen LogP contribution in [0.3, 0.4) is 0 Å². The summed E-state index contributed by atoms with van der Waals surface area (Å²) in [5, 5.41) is 0. The largest absolute Gasteiger partial charge is 0.492 e. The minimum atomic E-state index is 0.731. The molecule has 2 nitrogen and oxygen atoms in total. The molecule has 1 heterocycles. The molecule has 1 rings (SSSR count). The highest BCUT2D eigenvalue weighted by Crippen LogP contribution is 2.16. The fourth-order valence-corrected chi connectivity index (χ4v) is 1.57. The van der Waals surface area contributed by atoms with Gasteiger partial charge in [-0.2, -0.15) is 0 Å². The van der Waals surface area contributed by atoms with Crippen LogP contribution in [0.1, 0.15) is 19.3 Å². The molecule has 0 unspecified atom stereocenters. The minimum absolute atomic E-state index is 0.731. The summed E-state index contributed by atoms with van der Waals surface area (Å²) in [6.45, 7) is 0.731. The number of hydrogen-bond donors (Lipinski definition) is 0. The van der Waals surface area contributed by atoms with Crippen molar-refractivity contribution in [3.63, 3.8) is 0 Å². The SMILES string of the molecule is ClCCCCCOc1cncc(Br)c1. The fourth-order valence-electron chi connectivity index (χ4n) is 1.03. The first-order valence-corrected chi connectivity index (χ1v) is 5.95. The number of unbranched alkanes of at least 4 members (excludes halogenated alkanes) is 2. The van der Waals surface area contributed by atoms with Gasteiger partial charge in [0.25, 0.3) is 0 Å². The summed E-state index contributed by atoms with van der Waals surface area (Å²) in [5.74, 6) is 1.54. The number of hydrogen-bond acceptors (Lipinski definition) is 2. The molecule has 1 aromatic heterocycles. The number of ether oxygens (including phenoxy) is 1. The smallest absolute Gasteiger partial charge is 0.138 e. The summed E-state index contributed by atoms with van der Waals surface area (Å²) < 4.78 is 6.44. The van der Waals surface area contributed by atoms with Crippen molar-refractivity contribution in [1.82, 2.24) is 4.98 Å². The second kappa shape index (κ2) is 7.07. The molecule has 0 N–H and O–H groups in total. The zero-order chi connectivity index (χ0) is 10.2. The Morgan fingerprint density at radius 3 is 2.86 bits per heavy atom. The van der Waals surface area contributed by atoms with Crippen LogP contribution in [0.4, 0.5) is 0 Å². The molecule has 1 aromatic rings. The first-order chi connectivity index (χ1) is 6.83. The van der Waals surface area contributed by atoms with E-state index in [0.717, 1.165) is 42.0 Å². The lowest BCUT2D eigenvalue weighted by molar-refractivity contribution is 0.305. The third-order valence-corrected chi connectivity index (χ3v) is 2.43. The van der Waals surface area contributed by atoms with Gasteiger partial charge < -0.3 is 4.74 Å². The Hall–Kier alpha value is -0.280. The third kappa shape index (κ3) is 4.82. The van der Waals surface area contributed by atoms with E-state index in [1.807, 2.05) is 6.07 Å². The molecule has 0 amide bonds. The van der Waals surface area contributed by atoms with Crippen molar-refractivity contribution in [3.8, 4) is 5.75 Å². The maximum Gasteiger partial charge on any atom is 0.138 e. The Kier molecular flexibility index (Phi) is 5.96. The van der Waals surface area contributed by atoms with Gasteiger partial charge in [0.05, 0.1) is 12.8 Å². The van der Waals surface area contributed by atoms with Gasteiger partial charge in [0, 0.05) is 16.5 Å². The van der Waals surface area contributed by atoms with Gasteiger partial charge in [0.1, 0.15) is 5.75 Å². The van der Waals surface area contributed by atoms with E-state index in [0.29, 0.717) is 0 Å². The number of pyridine rings is 1. The number of nitrogens with zero attached hydrogens (tertiary/aromatic N) is 1. The Bertz CT molecular complexity index is 270. The van der Waals surface area contributed by atoms with E-state index in [9.17, 15) is 0 Å². The second-order valence-corrected chi connectivity index (χ2v) is 4.23. The van der Waals surface area contributed by atoms with Crippen LogP contribution in [0.25, 0.3) is 0 Å². The topological polar surface area (TPSA) is 22.1 Å². The van der Waals surface area contributed by atoms with Crippen molar-refractivity contribution in [3.05, 3.63) is 22.9 Å². The number of halogens is 2. The quantitative estimate of drug-likeness (QED) is 0.585. The third-order valence-electron chi connectivity index (χ3n) is 1.73. The first-order valence-electron chi connectivity index (χ1n) is 4.62. The van der Waals surface area contributed by atoms with Crippen LogP contribution in [0.15, 0.2) is 22.9 Å². The van der Waals surface area contributed by atoms with Gasteiger partial charge in [-0.3, -0.25) is 4.98 Å². The molecule has 0 aliphatic rings. The number of aromatic nitrogens is 1. The van der Waals surface area contributed by atoms with Gasteiger partial charge >= 0.3 is 0 Å². The van der Waals surface area contributed by atoms with Gasteiger partial charge in [0.2, 0.25) is 0 Å². The zero-order valence-corrected chi connectivity index (χ0v) is 10.2. The van der Waals surface area contributed by atoms with Crippen LogP contribution in [-0.2, 0) is 0 Å². The summed E-state index contributed by atoms with van der Waals surface area (Å²) in [7, 11) is 0. The van der Waals surface area contributed by atoms with E-state index in [1.54, 1.807) is 12.4 Å². The van der Waals surface area contributed by atoms with E-state index < -0.39 is 0 Å². The average Bonchev–Trinajstić information content (AvgIpc) is 2.18. The van der Waals surface area contributed by atoms with Crippen molar-refractivity contribution >= 4 is 27.5 Å². The lowest BCUT2D eigenvalue weighted by Gasteiger charge is -2.04. The highest BCUT2D eigenvalue weighted by atomic mass is 79.9. The highest BCUT2D eigenvalue weighted by Gasteiger charge is 1.95. The maximum absolute atomic E-state index is 5.56. The van der Waals surface area contributed by atoms with Crippen LogP contribution >= 0.6 is 27.5 Å². The van der Waals surface area contributed by atoms with Crippen LogP contribution in [0, 0.1) is 0 Å². The summed E-state index contributed by atoms with van der Waals surface area (Å²) in [6, 6.07) is 1.91. The molecule has 0 radical (unpaired) electrons. The molecule has 0 saturated carbocycles. The van der Waals surface area contributed by atoms with Crippen molar-refractivity contribution in [2.45, 2.75) is 19.3 Å². The monoisotopic (exact) mass is 277 g/mol. The molecule has 0 aromatic carbocycles. The highest BCUT2D eigenvalue weighted by molar-refractivity contribution is 9.10. The molecule has 0 aliphatic heterocycles. The Labute approximate surface area is 97.8 Å². The van der Waals surface area contributed by atoms with Gasteiger partial charge in [-0.15, -0.1) is 11.6 Å². The molecule has 0 bridgehead atoms. The zero-order valence-electron chi connectivity index (χ0n) is 7.88. The summed E-state index contributed by atoms with van der Waals surface area (Å²) in [4.78, 5) is 4.01. The van der Waals surface area contributed by atoms with Crippen LogP contribution in [0.2, 0.25) is 0 Å². The molecular weight excluding hydrogens is 265 g/mol. The summed E-state index contributed by atoms with van der Waals surface area (Å²) >= 11 is 8.90. The van der Waals surface area contributed by atoms with Gasteiger partial charge in [-0.05, 0) is 41.3 Å². The van der Waals surface area contributed by atoms with Crippen molar-refractivity contribution < 1.29 is 4.74 Å². The fraction of sp³-hybridized carbons (Fsp3) is 0.500. The number of rotatable bonds is 6. The first kappa shape index (κ1) is 11.8. The molecule has 14 heavy (non-hydrogen) atoms. The standard InChI is InChI=1S/C10H13BrClNO/c11-9-6-10(8-13-7-9)14-5-3-1-2-4-12/h6-8H,1-5H2. The second-order valence-electron chi connectivity index (χ2n) is 2.94. The van der Waals surface area contributed by atoms with Crippen molar-refractivity contribution in [1.29, 1.82) is 0 Å². The van der Waals surface area contributed by atoms with Crippen molar-refractivity contribution in [2.24, 2.45) is 0 Å². The molecule has 0 spiro atoms.